The number of aromatic hydroxyl groups is 1. The third kappa shape index (κ3) is 3.74. The molecule has 1 N–H and O–H groups in total. The van der Waals surface area contributed by atoms with E-state index in [1.54, 1.807) is 6.07 Å². The van der Waals surface area contributed by atoms with Gasteiger partial charge in [-0.15, -0.1) is 0 Å². The number of aryl methyl sites for hydroxylation is 1. The molecule has 5 heteroatoms. The van der Waals surface area contributed by atoms with E-state index in [1.807, 2.05) is 31.2 Å². The summed E-state index contributed by atoms with van der Waals surface area (Å²) in [5.74, 6) is 0.933. The van der Waals surface area contributed by atoms with Crippen molar-refractivity contribution in [2.75, 3.05) is 26.7 Å². The molecular weight excluding hydrogens is 388 g/mol. The summed E-state index contributed by atoms with van der Waals surface area (Å²) in [6, 6.07) is 10.3. The summed E-state index contributed by atoms with van der Waals surface area (Å²) < 4.78 is 5.59. The lowest BCUT2D eigenvalue weighted by Crippen LogP contribution is -2.50. The Kier molecular flexibility index (Phi) is 5.49. The highest BCUT2D eigenvalue weighted by Crippen LogP contribution is 2.35. The van der Waals surface area contributed by atoms with Crippen LogP contribution in [0.5, 0.6) is 5.75 Å². The van der Waals surface area contributed by atoms with Crippen LogP contribution in [-0.2, 0) is 6.54 Å². The number of phenols is 1. The van der Waals surface area contributed by atoms with Gasteiger partial charge in [-0.1, -0.05) is 24.6 Å². The molecule has 2 aliphatic rings. The minimum Gasteiger partial charge on any atom is -0.507 e. The fraction of sp³-hybridized carbons (Fsp3) is 0.500. The van der Waals surface area contributed by atoms with Crippen LogP contribution in [0.3, 0.4) is 0 Å². The molecule has 0 aliphatic carbocycles. The van der Waals surface area contributed by atoms with E-state index in [1.165, 1.54) is 45.2 Å². The molecule has 2 aliphatic heterocycles. The molecule has 5 rings (SSSR count). The van der Waals surface area contributed by atoms with E-state index in [0.717, 1.165) is 28.9 Å². The average molecular weight is 421 g/mol. The van der Waals surface area contributed by atoms with E-state index in [-0.39, 0.29) is 11.4 Å². The highest BCUT2D eigenvalue weighted by atomic mass is 16.4. The molecule has 2 unspecified atom stereocenters. The lowest BCUT2D eigenvalue weighted by Gasteiger charge is -2.45. The Hall–Kier alpha value is -2.37. The largest absolute Gasteiger partial charge is 0.507 e. The fourth-order valence-electron chi connectivity index (χ4n) is 5.90. The second-order valence-corrected chi connectivity index (χ2v) is 9.52. The van der Waals surface area contributed by atoms with Crippen LogP contribution in [-0.4, -0.2) is 47.6 Å². The van der Waals surface area contributed by atoms with Gasteiger partial charge in [-0.05, 0) is 76.2 Å². The molecular formula is C26H32N2O3. The third-order valence-corrected chi connectivity index (χ3v) is 7.41. The van der Waals surface area contributed by atoms with Crippen LogP contribution in [0.1, 0.15) is 43.2 Å². The van der Waals surface area contributed by atoms with Crippen molar-refractivity contribution in [1.82, 2.24) is 9.80 Å². The lowest BCUT2D eigenvalue weighted by molar-refractivity contribution is 0.0434. The molecule has 1 aromatic heterocycles. The molecule has 164 valence electrons. The van der Waals surface area contributed by atoms with Crippen molar-refractivity contribution in [3.05, 3.63) is 51.9 Å². The summed E-state index contributed by atoms with van der Waals surface area (Å²) in [5, 5.41) is 13.3. The molecule has 3 heterocycles. The molecule has 31 heavy (non-hydrogen) atoms. The Morgan fingerprint density at radius 3 is 2.71 bits per heavy atom. The van der Waals surface area contributed by atoms with E-state index >= 15 is 0 Å². The minimum atomic E-state index is -0.357. The van der Waals surface area contributed by atoms with Crippen molar-refractivity contribution in [1.29, 1.82) is 0 Å². The zero-order valence-corrected chi connectivity index (χ0v) is 18.6. The SMILES string of the molecule is Cc1c(O)c(CN(C)CC2CCCN3CCCCC23)cc2c1oc(=O)c1ccccc12. The number of hydrogen-bond acceptors (Lipinski definition) is 5. The second kappa shape index (κ2) is 8.29. The van der Waals surface area contributed by atoms with Gasteiger partial charge in [0.1, 0.15) is 11.3 Å². The Balaban J connectivity index is 1.44. The number of phenolic OH excluding ortho intramolecular Hbond substituents is 1. The molecule has 3 aromatic rings. The minimum absolute atomic E-state index is 0.237. The van der Waals surface area contributed by atoms with Crippen molar-refractivity contribution in [2.45, 2.75) is 51.6 Å². The van der Waals surface area contributed by atoms with Gasteiger partial charge in [0.25, 0.3) is 0 Å². The maximum absolute atomic E-state index is 12.4. The van der Waals surface area contributed by atoms with Crippen LogP contribution in [0.4, 0.5) is 0 Å². The van der Waals surface area contributed by atoms with Crippen molar-refractivity contribution in [2.24, 2.45) is 5.92 Å². The van der Waals surface area contributed by atoms with Gasteiger partial charge in [-0.25, -0.2) is 4.79 Å². The van der Waals surface area contributed by atoms with Crippen LogP contribution in [0.2, 0.25) is 0 Å². The first-order valence-electron chi connectivity index (χ1n) is 11.6. The second-order valence-electron chi connectivity index (χ2n) is 9.52. The Bertz CT molecular complexity index is 1170. The summed E-state index contributed by atoms with van der Waals surface area (Å²) in [5.41, 5.74) is 1.66. The highest BCUT2D eigenvalue weighted by Gasteiger charge is 2.33. The van der Waals surface area contributed by atoms with Gasteiger partial charge in [0, 0.05) is 35.6 Å². The maximum atomic E-state index is 12.4. The number of benzene rings is 2. The van der Waals surface area contributed by atoms with E-state index < -0.39 is 0 Å². The Labute approximate surface area is 183 Å². The number of hydrogen-bond donors (Lipinski definition) is 1. The highest BCUT2D eigenvalue weighted by molar-refractivity contribution is 6.05. The summed E-state index contributed by atoms with van der Waals surface area (Å²) in [6.07, 6.45) is 6.60. The van der Waals surface area contributed by atoms with E-state index in [4.69, 9.17) is 4.42 Å². The molecule has 2 saturated heterocycles. The molecule has 0 bridgehead atoms. The zero-order chi connectivity index (χ0) is 21.5. The Morgan fingerprint density at radius 2 is 1.87 bits per heavy atom. The van der Waals surface area contributed by atoms with Crippen molar-refractivity contribution < 1.29 is 9.52 Å². The lowest BCUT2D eigenvalue weighted by atomic mass is 9.83. The number of nitrogens with zero attached hydrogens (tertiary/aromatic N) is 2. The number of rotatable bonds is 4. The van der Waals surface area contributed by atoms with E-state index in [2.05, 4.69) is 16.8 Å². The van der Waals surface area contributed by atoms with Gasteiger partial charge in [-0.2, -0.15) is 0 Å². The van der Waals surface area contributed by atoms with Gasteiger partial charge < -0.3 is 19.3 Å². The van der Waals surface area contributed by atoms with Crippen LogP contribution in [0.25, 0.3) is 21.7 Å². The zero-order valence-electron chi connectivity index (χ0n) is 18.6. The van der Waals surface area contributed by atoms with Crippen molar-refractivity contribution in [3.8, 4) is 5.75 Å². The fourth-order valence-corrected chi connectivity index (χ4v) is 5.90. The summed E-state index contributed by atoms with van der Waals surface area (Å²) >= 11 is 0. The third-order valence-electron chi connectivity index (χ3n) is 7.41. The molecule has 0 saturated carbocycles. The summed E-state index contributed by atoms with van der Waals surface area (Å²) in [7, 11) is 2.16. The predicted octanol–water partition coefficient (Wildman–Crippen LogP) is 4.66. The van der Waals surface area contributed by atoms with Gasteiger partial charge in [0.05, 0.1) is 5.39 Å². The summed E-state index contributed by atoms with van der Waals surface area (Å²) in [4.78, 5) is 17.5. The first kappa shape index (κ1) is 20.5. The van der Waals surface area contributed by atoms with Crippen LogP contribution in [0.15, 0.2) is 39.5 Å². The van der Waals surface area contributed by atoms with Gasteiger partial charge >= 0.3 is 5.63 Å². The van der Waals surface area contributed by atoms with Crippen LogP contribution >= 0.6 is 0 Å². The normalized spacial score (nSPS) is 22.3. The van der Waals surface area contributed by atoms with Gasteiger partial charge in [0.15, 0.2) is 0 Å². The Morgan fingerprint density at radius 1 is 1.10 bits per heavy atom. The molecule has 5 nitrogen and oxygen atoms in total. The first-order chi connectivity index (χ1) is 15.0. The number of piperidine rings is 2. The van der Waals surface area contributed by atoms with Crippen LogP contribution in [0, 0.1) is 12.8 Å². The molecule has 0 spiro atoms. The van der Waals surface area contributed by atoms with Crippen molar-refractivity contribution >= 4 is 21.7 Å². The monoisotopic (exact) mass is 420 g/mol. The van der Waals surface area contributed by atoms with Gasteiger partial charge in [0.2, 0.25) is 0 Å². The molecule has 2 fully saturated rings. The molecule has 0 amide bonds. The predicted molar refractivity (Wildman–Crippen MR) is 125 cm³/mol. The summed E-state index contributed by atoms with van der Waals surface area (Å²) in [6.45, 7) is 6.07. The maximum Gasteiger partial charge on any atom is 0.344 e. The van der Waals surface area contributed by atoms with E-state index in [0.29, 0.717) is 29.0 Å². The van der Waals surface area contributed by atoms with E-state index in [9.17, 15) is 9.90 Å². The van der Waals surface area contributed by atoms with Crippen LogP contribution < -0.4 is 5.63 Å². The van der Waals surface area contributed by atoms with Crippen molar-refractivity contribution in [3.63, 3.8) is 0 Å². The number of fused-ring (bicyclic) bond motifs is 4. The quantitative estimate of drug-likeness (QED) is 0.492. The smallest absolute Gasteiger partial charge is 0.344 e. The molecule has 2 atom stereocenters. The topological polar surface area (TPSA) is 56.9 Å². The molecule has 2 aromatic carbocycles. The standard InChI is InChI=1S/C26H32N2O3/c1-17-24(29)19(14-22-20-9-3-4-10-21(20)26(30)31-25(17)22)16-27(2)15-18-8-7-13-28-12-6-5-11-23(18)28/h3-4,9-10,14,18,23,29H,5-8,11-13,15-16H2,1-2H3. The molecule has 0 radical (unpaired) electrons. The average Bonchev–Trinajstić information content (AvgIpc) is 2.78. The van der Waals surface area contributed by atoms with Gasteiger partial charge in [-0.3, -0.25) is 0 Å². The first-order valence-corrected chi connectivity index (χ1v) is 11.6.